The zero-order valence-electron chi connectivity index (χ0n) is 16.0. The Bertz CT molecular complexity index is 1140. The Morgan fingerprint density at radius 1 is 1.31 bits per heavy atom. The average molecular weight is 455 g/mol. The summed E-state index contributed by atoms with van der Waals surface area (Å²) in [6.07, 6.45) is 4.32. The number of ether oxygens (including phenoxy) is 1. The lowest BCUT2D eigenvalue weighted by Crippen LogP contribution is -2.40. The van der Waals surface area contributed by atoms with Gasteiger partial charge in [0.2, 0.25) is 15.9 Å². The number of carbonyl (C=O) groups excluding carboxylic acids is 1. The van der Waals surface area contributed by atoms with Crippen LogP contribution in [0.15, 0.2) is 36.7 Å². The number of halogens is 1. The normalized spacial score (nSPS) is 11.8. The van der Waals surface area contributed by atoms with Crippen LogP contribution in [-0.2, 0) is 21.4 Å². The highest BCUT2D eigenvalue weighted by molar-refractivity contribution is 7.88. The average Bonchev–Trinajstić information content (AvgIpc) is 3.12. The zero-order chi connectivity index (χ0) is 21.2. The van der Waals surface area contributed by atoms with E-state index < -0.39 is 15.9 Å². The fourth-order valence-electron chi connectivity index (χ4n) is 2.55. The molecule has 3 aromatic rings. The van der Waals surface area contributed by atoms with Crippen molar-refractivity contribution >= 4 is 54.2 Å². The lowest BCUT2D eigenvalue weighted by atomic mass is 10.2. The maximum absolute atomic E-state index is 13.0. The van der Waals surface area contributed by atoms with Gasteiger partial charge in [-0.2, -0.15) is 4.31 Å². The molecule has 0 spiro atoms. The molecule has 3 rings (SSSR count). The summed E-state index contributed by atoms with van der Waals surface area (Å²) in [5.41, 5.74) is 1.32. The molecule has 11 heteroatoms. The van der Waals surface area contributed by atoms with Crippen LogP contribution in [0.25, 0.3) is 10.2 Å². The van der Waals surface area contributed by atoms with E-state index in [0.29, 0.717) is 26.1 Å². The van der Waals surface area contributed by atoms with Gasteiger partial charge in [0.05, 0.1) is 36.2 Å². The SMILES string of the molecule is COc1ccc(Cl)c2sc(N(Cc3cccnc3)C(=O)CN(C)S(C)(=O)=O)nc12. The molecule has 0 saturated carbocycles. The molecule has 8 nitrogen and oxygen atoms in total. The van der Waals surface area contributed by atoms with Gasteiger partial charge >= 0.3 is 0 Å². The molecule has 0 aliphatic carbocycles. The van der Waals surface area contributed by atoms with Crippen molar-refractivity contribution in [3.05, 3.63) is 47.2 Å². The van der Waals surface area contributed by atoms with Crippen LogP contribution in [0, 0.1) is 0 Å². The topological polar surface area (TPSA) is 92.7 Å². The first-order valence-corrected chi connectivity index (χ1v) is 11.5. The number of hydrogen-bond acceptors (Lipinski definition) is 7. The van der Waals surface area contributed by atoms with Crippen molar-refractivity contribution in [1.82, 2.24) is 14.3 Å². The van der Waals surface area contributed by atoms with Crippen LogP contribution in [-0.4, -0.2) is 55.6 Å². The highest BCUT2D eigenvalue weighted by Crippen LogP contribution is 2.39. The number of fused-ring (bicyclic) bond motifs is 1. The number of carbonyl (C=O) groups is 1. The summed E-state index contributed by atoms with van der Waals surface area (Å²) < 4.78 is 30.5. The Morgan fingerprint density at radius 3 is 2.69 bits per heavy atom. The van der Waals surface area contributed by atoms with E-state index in [1.807, 2.05) is 6.07 Å². The summed E-state index contributed by atoms with van der Waals surface area (Å²) in [6, 6.07) is 7.00. The first-order chi connectivity index (χ1) is 13.7. The molecule has 0 radical (unpaired) electrons. The van der Waals surface area contributed by atoms with Gasteiger partial charge in [-0.15, -0.1) is 0 Å². The summed E-state index contributed by atoms with van der Waals surface area (Å²) >= 11 is 7.54. The van der Waals surface area contributed by atoms with Crippen LogP contribution in [0.4, 0.5) is 5.13 Å². The molecule has 29 heavy (non-hydrogen) atoms. The first-order valence-electron chi connectivity index (χ1n) is 8.44. The minimum Gasteiger partial charge on any atom is -0.494 e. The number of nitrogens with zero attached hydrogens (tertiary/aromatic N) is 4. The third-order valence-electron chi connectivity index (χ3n) is 4.19. The van der Waals surface area contributed by atoms with Gasteiger partial charge in [-0.3, -0.25) is 14.7 Å². The molecule has 1 aromatic carbocycles. The van der Waals surface area contributed by atoms with Gasteiger partial charge in [0.1, 0.15) is 11.3 Å². The van der Waals surface area contributed by atoms with Crippen molar-refractivity contribution in [2.24, 2.45) is 0 Å². The molecular weight excluding hydrogens is 436 g/mol. The number of likely N-dealkylation sites (N-methyl/N-ethyl adjacent to an activating group) is 1. The summed E-state index contributed by atoms with van der Waals surface area (Å²) in [6.45, 7) is -0.135. The van der Waals surface area contributed by atoms with Gasteiger partial charge in [0.25, 0.3) is 0 Å². The molecule has 0 aliphatic heterocycles. The standard InChI is InChI=1S/C18H19ClN4O4S2/c1-22(29(3,25)26)11-15(24)23(10-12-5-4-8-20-9-12)18-21-16-14(27-2)7-6-13(19)17(16)28-18/h4-9H,10-11H2,1-3H3. The van der Waals surface area contributed by atoms with Gasteiger partial charge in [0, 0.05) is 19.4 Å². The number of anilines is 1. The van der Waals surface area contributed by atoms with E-state index in [1.54, 1.807) is 30.6 Å². The van der Waals surface area contributed by atoms with Crippen LogP contribution in [0.3, 0.4) is 0 Å². The van der Waals surface area contributed by atoms with E-state index in [2.05, 4.69) is 9.97 Å². The molecule has 0 atom stereocenters. The van der Waals surface area contributed by atoms with Gasteiger partial charge in [0.15, 0.2) is 5.13 Å². The number of amides is 1. The van der Waals surface area contributed by atoms with Crippen molar-refractivity contribution in [1.29, 1.82) is 0 Å². The van der Waals surface area contributed by atoms with Crippen LogP contribution in [0.5, 0.6) is 5.75 Å². The number of hydrogen-bond donors (Lipinski definition) is 0. The van der Waals surface area contributed by atoms with E-state index in [1.165, 1.54) is 30.4 Å². The van der Waals surface area contributed by atoms with Crippen molar-refractivity contribution in [3.63, 3.8) is 0 Å². The molecule has 0 unspecified atom stereocenters. The minimum atomic E-state index is -3.51. The second-order valence-corrected chi connectivity index (χ2v) is 9.76. The second kappa shape index (κ2) is 8.62. The molecule has 0 aliphatic rings. The minimum absolute atomic E-state index is 0.185. The predicted molar refractivity (Wildman–Crippen MR) is 114 cm³/mol. The van der Waals surface area contributed by atoms with Crippen LogP contribution < -0.4 is 9.64 Å². The van der Waals surface area contributed by atoms with Gasteiger partial charge in [-0.05, 0) is 23.8 Å². The van der Waals surface area contributed by atoms with Crippen molar-refractivity contribution in [2.45, 2.75) is 6.54 Å². The van der Waals surface area contributed by atoms with E-state index in [0.717, 1.165) is 16.1 Å². The highest BCUT2D eigenvalue weighted by Gasteiger charge is 2.25. The number of sulfonamides is 1. The fourth-order valence-corrected chi connectivity index (χ4v) is 4.17. The third kappa shape index (κ3) is 4.84. The molecule has 0 N–H and O–H groups in total. The van der Waals surface area contributed by atoms with E-state index >= 15 is 0 Å². The summed E-state index contributed by atoms with van der Waals surface area (Å²) in [5, 5.41) is 0.883. The van der Waals surface area contributed by atoms with Crippen LogP contribution in [0.1, 0.15) is 5.56 Å². The third-order valence-corrected chi connectivity index (χ3v) is 6.99. The quantitative estimate of drug-likeness (QED) is 0.545. The van der Waals surface area contributed by atoms with Gasteiger partial charge in [-0.25, -0.2) is 13.4 Å². The largest absolute Gasteiger partial charge is 0.494 e. The second-order valence-electron chi connectivity index (χ2n) is 6.28. The predicted octanol–water partition coefficient (Wildman–Crippen LogP) is 2.78. The number of pyridine rings is 1. The van der Waals surface area contributed by atoms with Crippen molar-refractivity contribution in [3.8, 4) is 5.75 Å². The number of rotatable bonds is 7. The van der Waals surface area contributed by atoms with Gasteiger partial charge < -0.3 is 4.74 Å². The highest BCUT2D eigenvalue weighted by atomic mass is 35.5. The monoisotopic (exact) mass is 454 g/mol. The molecule has 0 fully saturated rings. The van der Waals surface area contributed by atoms with E-state index in [-0.39, 0.29) is 13.1 Å². The van der Waals surface area contributed by atoms with Gasteiger partial charge in [-0.1, -0.05) is 29.0 Å². The van der Waals surface area contributed by atoms with Crippen LogP contribution >= 0.6 is 22.9 Å². The first kappa shape index (κ1) is 21.4. The lowest BCUT2D eigenvalue weighted by Gasteiger charge is -2.22. The Kier molecular flexibility index (Phi) is 6.37. The maximum atomic E-state index is 13.0. The number of methoxy groups -OCH3 is 1. The van der Waals surface area contributed by atoms with Crippen molar-refractivity contribution in [2.75, 3.05) is 31.9 Å². The maximum Gasteiger partial charge on any atom is 0.244 e. The van der Waals surface area contributed by atoms with Crippen molar-refractivity contribution < 1.29 is 17.9 Å². The summed E-state index contributed by atoms with van der Waals surface area (Å²) in [7, 11) is -0.629. The Labute approximate surface area is 177 Å². The Hall–Kier alpha value is -2.27. The number of thiazole rings is 1. The molecule has 0 saturated heterocycles. The summed E-state index contributed by atoms with van der Waals surface area (Å²) in [4.78, 5) is 23.1. The van der Waals surface area contributed by atoms with E-state index in [4.69, 9.17) is 16.3 Å². The van der Waals surface area contributed by atoms with E-state index in [9.17, 15) is 13.2 Å². The zero-order valence-corrected chi connectivity index (χ0v) is 18.4. The number of aromatic nitrogens is 2. The molecule has 1 amide bonds. The fraction of sp³-hybridized carbons (Fsp3) is 0.278. The molecular formula is C18H19ClN4O4S2. The smallest absolute Gasteiger partial charge is 0.244 e. The number of benzene rings is 1. The lowest BCUT2D eigenvalue weighted by molar-refractivity contribution is -0.118. The molecule has 0 bridgehead atoms. The van der Waals surface area contributed by atoms with Crippen LogP contribution in [0.2, 0.25) is 5.02 Å². The molecule has 2 heterocycles. The summed E-state index contributed by atoms with van der Waals surface area (Å²) in [5.74, 6) is 0.116. The molecule has 154 valence electrons. The Balaban J connectivity index is 2.04. The molecule has 2 aromatic heterocycles. The Morgan fingerprint density at radius 2 is 2.07 bits per heavy atom.